The van der Waals surface area contributed by atoms with Crippen LogP contribution in [-0.2, 0) is 11.4 Å². The lowest BCUT2D eigenvalue weighted by atomic mass is 9.98. The molecule has 25 heavy (non-hydrogen) atoms. The minimum atomic E-state index is -0.813. The van der Waals surface area contributed by atoms with Gasteiger partial charge in [0.1, 0.15) is 18.1 Å². The van der Waals surface area contributed by atoms with E-state index in [2.05, 4.69) is 18.8 Å². The molecule has 1 aliphatic rings. The molecule has 1 N–H and O–H groups in total. The molecule has 1 unspecified atom stereocenters. The highest BCUT2D eigenvalue weighted by molar-refractivity contribution is 7.99. The molecular weight excluding hydrogens is 338 g/mol. The summed E-state index contributed by atoms with van der Waals surface area (Å²) in [7, 11) is 0. The summed E-state index contributed by atoms with van der Waals surface area (Å²) in [6, 6.07) is 11.5. The van der Waals surface area contributed by atoms with E-state index >= 15 is 0 Å². The molecule has 1 atom stereocenters. The number of carbonyl (C=O) groups is 1. The van der Waals surface area contributed by atoms with Crippen LogP contribution >= 0.6 is 11.8 Å². The lowest BCUT2D eigenvalue weighted by Gasteiger charge is -2.10. The molecule has 0 bridgehead atoms. The van der Waals surface area contributed by atoms with Gasteiger partial charge in [0.15, 0.2) is 0 Å². The maximum atomic E-state index is 10.9. The Hall–Kier alpha value is -2.21. The van der Waals surface area contributed by atoms with Gasteiger partial charge < -0.3 is 14.6 Å². The van der Waals surface area contributed by atoms with Gasteiger partial charge >= 0.3 is 5.97 Å². The average Bonchev–Trinajstić information content (AvgIpc) is 2.94. The number of aromatic nitrogens is 1. The minimum absolute atomic E-state index is 0.0808. The number of rotatable bonds is 7. The summed E-state index contributed by atoms with van der Waals surface area (Å²) < 4.78 is 11.4. The molecule has 0 amide bonds. The highest BCUT2D eigenvalue weighted by Crippen LogP contribution is 2.38. The molecule has 0 saturated carbocycles. The van der Waals surface area contributed by atoms with Crippen molar-refractivity contribution in [3.63, 3.8) is 0 Å². The maximum Gasteiger partial charge on any atom is 0.304 e. The number of carboxylic acids is 1. The van der Waals surface area contributed by atoms with Crippen LogP contribution in [0.1, 0.15) is 37.4 Å². The van der Waals surface area contributed by atoms with Crippen molar-refractivity contribution in [2.75, 3.05) is 6.61 Å². The number of hydrogen-bond acceptors (Lipinski definition) is 5. The quantitative estimate of drug-likeness (QED) is 0.750. The molecule has 2 heterocycles. The van der Waals surface area contributed by atoms with Crippen molar-refractivity contribution in [2.24, 2.45) is 0 Å². The molecule has 132 valence electrons. The van der Waals surface area contributed by atoms with Crippen LogP contribution in [0.2, 0.25) is 0 Å². The van der Waals surface area contributed by atoms with E-state index in [1.807, 2.05) is 36.4 Å². The zero-order valence-electron chi connectivity index (χ0n) is 14.3. The molecule has 1 aliphatic heterocycles. The Balaban J connectivity index is 1.64. The number of benzene rings is 1. The smallest absolute Gasteiger partial charge is 0.304 e. The largest absolute Gasteiger partial charge is 0.492 e. The Morgan fingerprint density at radius 3 is 3.00 bits per heavy atom. The first-order chi connectivity index (χ1) is 12.0. The predicted octanol–water partition coefficient (Wildman–Crippen LogP) is 4.11. The zero-order valence-corrected chi connectivity index (χ0v) is 15.1. The summed E-state index contributed by atoms with van der Waals surface area (Å²) in [6.07, 6.45) is 0.0808. The summed E-state index contributed by atoms with van der Waals surface area (Å²) >= 11 is 1.72. The zero-order chi connectivity index (χ0) is 17.8. The lowest BCUT2D eigenvalue weighted by Crippen LogP contribution is -2.07. The molecule has 0 radical (unpaired) electrons. The molecular formula is C19H21NO4S. The number of hydrogen-bond donors (Lipinski definition) is 1. The van der Waals surface area contributed by atoms with Gasteiger partial charge in [0, 0.05) is 22.8 Å². The Morgan fingerprint density at radius 1 is 1.40 bits per heavy atom. The van der Waals surface area contributed by atoms with Crippen LogP contribution in [-0.4, -0.2) is 27.9 Å². The van der Waals surface area contributed by atoms with E-state index < -0.39 is 5.97 Å². The number of aliphatic carboxylic acids is 1. The van der Waals surface area contributed by atoms with Gasteiger partial charge in [-0.1, -0.05) is 26.0 Å². The molecule has 6 heteroatoms. The van der Waals surface area contributed by atoms with Gasteiger partial charge in [0.05, 0.1) is 23.7 Å². The Morgan fingerprint density at radius 2 is 2.24 bits per heavy atom. The Bertz CT molecular complexity index is 763. The fraction of sp³-hybridized carbons (Fsp3) is 0.368. The second-order valence-corrected chi connectivity index (χ2v) is 7.82. The normalized spacial score (nSPS) is 15.7. The first-order valence-corrected chi connectivity index (χ1v) is 9.13. The lowest BCUT2D eigenvalue weighted by molar-refractivity contribution is -0.137. The van der Waals surface area contributed by atoms with Crippen LogP contribution < -0.4 is 9.47 Å². The Labute approximate surface area is 151 Å². The van der Waals surface area contributed by atoms with E-state index in [1.54, 1.807) is 11.8 Å². The molecule has 1 aromatic carbocycles. The number of fused-ring (bicyclic) bond motifs is 1. The van der Waals surface area contributed by atoms with Gasteiger partial charge in [0.25, 0.3) is 0 Å². The third kappa shape index (κ3) is 4.66. The molecule has 0 fully saturated rings. The minimum Gasteiger partial charge on any atom is -0.492 e. The molecule has 0 aliphatic carbocycles. The van der Waals surface area contributed by atoms with E-state index in [-0.39, 0.29) is 12.3 Å². The van der Waals surface area contributed by atoms with E-state index in [0.717, 1.165) is 16.3 Å². The van der Waals surface area contributed by atoms with Gasteiger partial charge in [-0.2, -0.15) is 0 Å². The SMILES string of the molecule is CC(C)Sc1cccc(COc2ccc3c(c2)OCC3CC(=O)O)n1. The molecule has 0 spiro atoms. The van der Waals surface area contributed by atoms with Crippen LogP contribution in [0.5, 0.6) is 11.5 Å². The topological polar surface area (TPSA) is 68.7 Å². The van der Waals surface area contributed by atoms with Crippen molar-refractivity contribution in [1.82, 2.24) is 4.98 Å². The van der Waals surface area contributed by atoms with E-state index in [4.69, 9.17) is 14.6 Å². The summed E-state index contributed by atoms with van der Waals surface area (Å²) in [5.74, 6) is 0.499. The summed E-state index contributed by atoms with van der Waals surface area (Å²) in [5.41, 5.74) is 1.80. The van der Waals surface area contributed by atoms with Gasteiger partial charge in [0.2, 0.25) is 0 Å². The molecule has 1 aromatic heterocycles. The fourth-order valence-electron chi connectivity index (χ4n) is 2.73. The van der Waals surface area contributed by atoms with Gasteiger partial charge in [-0.3, -0.25) is 4.79 Å². The van der Waals surface area contributed by atoms with Crippen LogP contribution in [0, 0.1) is 0 Å². The molecule has 5 nitrogen and oxygen atoms in total. The van der Waals surface area contributed by atoms with Crippen molar-refractivity contribution >= 4 is 17.7 Å². The van der Waals surface area contributed by atoms with E-state index in [0.29, 0.717) is 30.0 Å². The first-order valence-electron chi connectivity index (χ1n) is 8.25. The van der Waals surface area contributed by atoms with E-state index in [9.17, 15) is 4.79 Å². The third-order valence-electron chi connectivity index (χ3n) is 3.81. The van der Waals surface area contributed by atoms with Crippen LogP contribution in [0.25, 0.3) is 0 Å². The number of thioether (sulfide) groups is 1. The van der Waals surface area contributed by atoms with Gasteiger partial charge in [-0.05, 0) is 18.2 Å². The Kier molecular flexibility index (Phi) is 5.48. The van der Waals surface area contributed by atoms with Gasteiger partial charge in [-0.15, -0.1) is 11.8 Å². The second-order valence-electron chi connectivity index (χ2n) is 6.23. The highest BCUT2D eigenvalue weighted by Gasteiger charge is 2.26. The fourth-order valence-corrected chi connectivity index (χ4v) is 3.54. The van der Waals surface area contributed by atoms with Crippen LogP contribution in [0.15, 0.2) is 41.4 Å². The standard InChI is InChI=1S/C19H21NO4S/c1-12(2)25-18-5-3-4-14(20-18)11-23-15-6-7-16-13(8-19(21)22)10-24-17(16)9-15/h3-7,9,12-13H,8,10-11H2,1-2H3,(H,21,22). The van der Waals surface area contributed by atoms with Crippen LogP contribution in [0.4, 0.5) is 0 Å². The summed E-state index contributed by atoms with van der Waals surface area (Å²) in [4.78, 5) is 15.5. The maximum absolute atomic E-state index is 10.9. The first kappa shape index (κ1) is 17.6. The van der Waals surface area contributed by atoms with E-state index in [1.165, 1.54) is 0 Å². The molecule has 0 saturated heterocycles. The predicted molar refractivity (Wildman–Crippen MR) is 96.5 cm³/mol. The number of ether oxygens (including phenoxy) is 2. The summed E-state index contributed by atoms with van der Waals surface area (Å²) in [5, 5.41) is 10.4. The highest BCUT2D eigenvalue weighted by atomic mass is 32.2. The number of carboxylic acid groups (broad SMARTS) is 1. The van der Waals surface area contributed by atoms with Crippen molar-refractivity contribution in [2.45, 2.75) is 43.1 Å². The average molecular weight is 359 g/mol. The second kappa shape index (κ2) is 7.78. The summed E-state index contributed by atoms with van der Waals surface area (Å²) in [6.45, 7) is 5.06. The number of nitrogens with zero attached hydrogens (tertiary/aromatic N) is 1. The number of pyridine rings is 1. The van der Waals surface area contributed by atoms with Crippen molar-refractivity contribution in [3.8, 4) is 11.5 Å². The third-order valence-corrected chi connectivity index (χ3v) is 4.75. The van der Waals surface area contributed by atoms with Gasteiger partial charge in [-0.25, -0.2) is 4.98 Å². The molecule has 3 rings (SSSR count). The van der Waals surface area contributed by atoms with Crippen molar-refractivity contribution in [3.05, 3.63) is 47.7 Å². The monoisotopic (exact) mass is 359 g/mol. The van der Waals surface area contributed by atoms with Crippen molar-refractivity contribution in [1.29, 1.82) is 0 Å². The molecule has 2 aromatic rings. The van der Waals surface area contributed by atoms with Crippen LogP contribution in [0.3, 0.4) is 0 Å². The van der Waals surface area contributed by atoms with Crippen molar-refractivity contribution < 1.29 is 19.4 Å².